The molecule has 2 N–H and O–H groups in total. The van der Waals surface area contributed by atoms with Gasteiger partial charge in [0.25, 0.3) is 0 Å². The molecule has 0 saturated carbocycles. The fourth-order valence-electron chi connectivity index (χ4n) is 4.02. The topological polar surface area (TPSA) is 94.6 Å². The van der Waals surface area contributed by atoms with Crippen molar-refractivity contribution >= 4 is 29.1 Å². The van der Waals surface area contributed by atoms with Crippen molar-refractivity contribution in [2.45, 2.75) is 32.1 Å². The van der Waals surface area contributed by atoms with Gasteiger partial charge in [0.15, 0.2) is 10.8 Å². The van der Waals surface area contributed by atoms with Crippen LogP contribution in [0.25, 0.3) is 0 Å². The number of benzene rings is 1. The summed E-state index contributed by atoms with van der Waals surface area (Å²) in [5.41, 5.74) is 0.932. The highest BCUT2D eigenvalue weighted by atomic mass is 32.1. The van der Waals surface area contributed by atoms with Crippen LogP contribution in [-0.4, -0.2) is 78.8 Å². The first-order valence-corrected chi connectivity index (χ1v) is 12.8. The lowest BCUT2D eigenvalue weighted by molar-refractivity contribution is -0.121. The molecular formula is C25H35N5O3S. The highest BCUT2D eigenvalue weighted by Gasteiger charge is 2.24. The Hall–Kier alpha value is -2.78. The van der Waals surface area contributed by atoms with Gasteiger partial charge in [-0.1, -0.05) is 37.3 Å². The minimum absolute atomic E-state index is 0.0140. The van der Waals surface area contributed by atoms with Crippen LogP contribution in [0.3, 0.4) is 0 Å². The summed E-state index contributed by atoms with van der Waals surface area (Å²) >= 11 is 1.34. The molecule has 8 nitrogen and oxygen atoms in total. The molecule has 1 fully saturated rings. The van der Waals surface area contributed by atoms with E-state index in [0.29, 0.717) is 30.9 Å². The van der Waals surface area contributed by atoms with Crippen LogP contribution in [0.2, 0.25) is 0 Å². The molecule has 0 spiro atoms. The summed E-state index contributed by atoms with van der Waals surface area (Å²) in [4.78, 5) is 45.9. The molecule has 34 heavy (non-hydrogen) atoms. The summed E-state index contributed by atoms with van der Waals surface area (Å²) in [6.45, 7) is 6.26. The zero-order valence-corrected chi connectivity index (χ0v) is 20.9. The quantitative estimate of drug-likeness (QED) is 0.477. The van der Waals surface area contributed by atoms with Gasteiger partial charge >= 0.3 is 6.03 Å². The molecule has 184 valence electrons. The van der Waals surface area contributed by atoms with Gasteiger partial charge in [0.1, 0.15) is 0 Å². The number of carbonyl (C=O) groups excluding carboxylic acids is 3. The van der Waals surface area contributed by atoms with Crippen molar-refractivity contribution in [2.24, 2.45) is 5.92 Å². The largest absolute Gasteiger partial charge is 0.356 e. The van der Waals surface area contributed by atoms with Crippen LogP contribution >= 0.6 is 11.3 Å². The van der Waals surface area contributed by atoms with Gasteiger partial charge in [0.2, 0.25) is 5.91 Å². The molecule has 0 aliphatic carbocycles. The number of thiazole rings is 1. The third kappa shape index (κ3) is 7.92. The second-order valence-electron chi connectivity index (χ2n) is 8.92. The van der Waals surface area contributed by atoms with Crippen LogP contribution in [-0.2, 0) is 4.79 Å². The van der Waals surface area contributed by atoms with Crippen LogP contribution in [0.15, 0.2) is 41.9 Å². The minimum atomic E-state index is -0.338. The Bertz CT molecular complexity index is 914. The summed E-state index contributed by atoms with van der Waals surface area (Å²) in [6, 6.07) is 9.61. The van der Waals surface area contributed by atoms with Crippen molar-refractivity contribution in [2.75, 3.05) is 46.3 Å². The number of hydrogen-bond donors (Lipinski definition) is 2. The normalized spacial score (nSPS) is 16.0. The lowest BCUT2D eigenvalue weighted by atomic mass is 9.91. The Kier molecular flexibility index (Phi) is 10.0. The molecule has 3 rings (SSSR count). The summed E-state index contributed by atoms with van der Waals surface area (Å²) in [7, 11) is 2.06. The first-order valence-electron chi connectivity index (χ1n) is 11.9. The Balaban J connectivity index is 1.38. The number of hydrogen-bond acceptors (Lipinski definition) is 6. The first kappa shape index (κ1) is 25.8. The molecule has 0 bridgehead atoms. The van der Waals surface area contributed by atoms with E-state index in [9.17, 15) is 14.4 Å². The molecule has 3 amide bonds. The molecule has 1 saturated heterocycles. The van der Waals surface area contributed by atoms with Gasteiger partial charge in [-0.3, -0.25) is 9.59 Å². The lowest BCUT2D eigenvalue weighted by Gasteiger charge is -2.32. The van der Waals surface area contributed by atoms with Crippen molar-refractivity contribution in [1.82, 2.24) is 25.4 Å². The molecule has 1 aromatic heterocycles. The summed E-state index contributed by atoms with van der Waals surface area (Å²) in [6.07, 6.45) is 3.28. The number of aromatic nitrogens is 1. The fourth-order valence-corrected chi connectivity index (χ4v) is 4.65. The number of nitrogens with one attached hydrogen (secondary N) is 2. The number of carbonyl (C=O) groups is 3. The zero-order chi connectivity index (χ0) is 24.3. The number of amides is 3. The minimum Gasteiger partial charge on any atom is -0.356 e. The Morgan fingerprint density at radius 1 is 1.03 bits per heavy atom. The molecule has 9 heteroatoms. The van der Waals surface area contributed by atoms with E-state index >= 15 is 0 Å². The SMILES string of the molecule is CC(CCNC(=O)N1CCN(C)CC1)CC(=O)NCCC(C(=O)c1nccs1)c1ccccc1. The number of piperazine rings is 1. The fraction of sp³-hybridized carbons (Fsp3) is 0.520. The van der Waals surface area contributed by atoms with Gasteiger partial charge in [-0.2, -0.15) is 0 Å². The average molecular weight is 486 g/mol. The van der Waals surface area contributed by atoms with Crippen LogP contribution in [0, 0.1) is 5.92 Å². The van der Waals surface area contributed by atoms with Crippen LogP contribution in [0.5, 0.6) is 0 Å². The monoisotopic (exact) mass is 485 g/mol. The van der Waals surface area contributed by atoms with Gasteiger partial charge in [-0.15, -0.1) is 11.3 Å². The van der Waals surface area contributed by atoms with Gasteiger partial charge in [-0.25, -0.2) is 9.78 Å². The first-order chi connectivity index (χ1) is 16.4. The maximum absolute atomic E-state index is 13.0. The third-order valence-electron chi connectivity index (χ3n) is 6.15. The van der Waals surface area contributed by atoms with Gasteiger partial charge in [-0.05, 0) is 31.4 Å². The number of ketones is 1. The van der Waals surface area contributed by atoms with E-state index in [2.05, 4.69) is 27.6 Å². The van der Waals surface area contributed by atoms with Gasteiger partial charge in [0, 0.05) is 57.3 Å². The highest BCUT2D eigenvalue weighted by molar-refractivity contribution is 7.11. The number of likely N-dealkylation sites (N-methyl/N-ethyl adjacent to an activating group) is 1. The number of rotatable bonds is 11. The Labute approximate surface area is 205 Å². The molecule has 1 aliphatic rings. The lowest BCUT2D eigenvalue weighted by Crippen LogP contribution is -2.50. The van der Waals surface area contributed by atoms with E-state index in [1.807, 2.05) is 42.2 Å². The maximum Gasteiger partial charge on any atom is 0.317 e. The predicted molar refractivity (Wildman–Crippen MR) is 134 cm³/mol. The van der Waals surface area contributed by atoms with E-state index in [0.717, 1.165) is 38.2 Å². The molecule has 1 aromatic carbocycles. The van der Waals surface area contributed by atoms with E-state index in [-0.39, 0.29) is 29.6 Å². The number of nitrogens with zero attached hydrogens (tertiary/aromatic N) is 3. The van der Waals surface area contributed by atoms with Crippen molar-refractivity contribution in [3.8, 4) is 0 Å². The van der Waals surface area contributed by atoms with Crippen LogP contribution in [0.4, 0.5) is 4.79 Å². The second kappa shape index (κ2) is 13.2. The van der Waals surface area contributed by atoms with Crippen molar-refractivity contribution in [3.05, 3.63) is 52.5 Å². The second-order valence-corrected chi connectivity index (χ2v) is 9.82. The molecule has 2 unspecified atom stereocenters. The van der Waals surface area contributed by atoms with Crippen molar-refractivity contribution in [3.63, 3.8) is 0 Å². The maximum atomic E-state index is 13.0. The zero-order valence-electron chi connectivity index (χ0n) is 20.0. The Morgan fingerprint density at radius 2 is 1.74 bits per heavy atom. The summed E-state index contributed by atoms with van der Waals surface area (Å²) in [5, 5.41) is 8.22. The van der Waals surface area contributed by atoms with E-state index in [4.69, 9.17) is 0 Å². The molecule has 0 radical (unpaired) electrons. The third-order valence-corrected chi connectivity index (χ3v) is 6.94. The van der Waals surface area contributed by atoms with Crippen molar-refractivity contribution < 1.29 is 14.4 Å². The molecule has 2 heterocycles. The molecule has 2 atom stereocenters. The number of Topliss-reactive ketones (excluding diaryl/α,β-unsaturated/α-hetero) is 1. The van der Waals surface area contributed by atoms with E-state index in [1.165, 1.54) is 11.3 Å². The Morgan fingerprint density at radius 3 is 2.41 bits per heavy atom. The molecule has 1 aliphatic heterocycles. The standard InChI is InChI=1S/C25H35N5O3S/c1-19(8-10-28-25(33)30-15-13-29(2)14-16-30)18-22(31)26-11-9-21(20-6-4-3-5-7-20)23(32)24-27-12-17-34-24/h3-7,12,17,19,21H,8-11,13-16,18H2,1-2H3,(H,26,31)(H,28,33). The van der Waals surface area contributed by atoms with Gasteiger partial charge in [0.05, 0.1) is 5.92 Å². The van der Waals surface area contributed by atoms with E-state index < -0.39 is 0 Å². The average Bonchev–Trinajstić information content (AvgIpc) is 3.37. The summed E-state index contributed by atoms with van der Waals surface area (Å²) in [5.74, 6) is -0.240. The van der Waals surface area contributed by atoms with Crippen LogP contribution < -0.4 is 10.6 Å². The smallest absolute Gasteiger partial charge is 0.317 e. The summed E-state index contributed by atoms with van der Waals surface area (Å²) < 4.78 is 0. The van der Waals surface area contributed by atoms with Gasteiger partial charge < -0.3 is 20.4 Å². The predicted octanol–water partition coefficient (Wildman–Crippen LogP) is 2.99. The van der Waals surface area contributed by atoms with Crippen molar-refractivity contribution in [1.29, 1.82) is 0 Å². The highest BCUT2D eigenvalue weighted by Crippen LogP contribution is 2.25. The molecule has 2 aromatic rings. The van der Waals surface area contributed by atoms with Crippen LogP contribution in [0.1, 0.15) is 47.5 Å². The molecular weight excluding hydrogens is 450 g/mol. The number of urea groups is 1. The van der Waals surface area contributed by atoms with E-state index in [1.54, 1.807) is 11.6 Å².